The SMILES string of the molecule is Cc1cc(N2CCc3nc(-c4ccc(Nc5cccc(=O)[nH]5)cc4)nc(N4CCOCC4C)c3C2)ncn1. The largest absolute Gasteiger partial charge is 0.377 e. The first-order chi connectivity index (χ1) is 18.5. The van der Waals surface area contributed by atoms with E-state index in [-0.39, 0.29) is 11.6 Å². The number of H-pyrrole nitrogens is 1. The van der Waals surface area contributed by atoms with Crippen molar-refractivity contribution >= 4 is 23.1 Å². The Morgan fingerprint density at radius 3 is 2.74 bits per heavy atom. The molecule has 0 radical (unpaired) electrons. The predicted molar refractivity (Wildman–Crippen MR) is 147 cm³/mol. The summed E-state index contributed by atoms with van der Waals surface area (Å²) in [5, 5.41) is 3.23. The summed E-state index contributed by atoms with van der Waals surface area (Å²) in [6, 6.07) is 15.2. The molecule has 0 amide bonds. The first-order valence-electron chi connectivity index (χ1n) is 12.9. The fourth-order valence-electron chi connectivity index (χ4n) is 4.99. The minimum atomic E-state index is -0.146. The van der Waals surface area contributed by atoms with Crippen LogP contribution in [-0.2, 0) is 17.7 Å². The Bertz CT molecular complexity index is 1500. The smallest absolute Gasteiger partial charge is 0.249 e. The molecule has 0 bridgehead atoms. The van der Waals surface area contributed by atoms with E-state index in [9.17, 15) is 4.79 Å². The van der Waals surface area contributed by atoms with Gasteiger partial charge in [0.25, 0.3) is 0 Å². The number of hydrogen-bond acceptors (Lipinski definition) is 9. The summed E-state index contributed by atoms with van der Waals surface area (Å²) in [7, 11) is 0. The van der Waals surface area contributed by atoms with Gasteiger partial charge in [0.05, 0.1) is 24.9 Å². The molecule has 5 heterocycles. The molecule has 4 aromatic rings. The normalized spacial score (nSPS) is 17.3. The van der Waals surface area contributed by atoms with Gasteiger partial charge >= 0.3 is 0 Å². The van der Waals surface area contributed by atoms with Crippen LogP contribution in [0.25, 0.3) is 11.4 Å². The molecule has 1 fully saturated rings. The fraction of sp³-hybridized carbons (Fsp3) is 0.321. The molecule has 10 nitrogen and oxygen atoms in total. The fourth-order valence-corrected chi connectivity index (χ4v) is 4.99. The van der Waals surface area contributed by atoms with Gasteiger partial charge in [-0.1, -0.05) is 6.07 Å². The van der Waals surface area contributed by atoms with E-state index in [0.29, 0.717) is 31.4 Å². The van der Waals surface area contributed by atoms with Crippen LogP contribution >= 0.6 is 0 Å². The minimum Gasteiger partial charge on any atom is -0.377 e. The number of nitrogens with one attached hydrogen (secondary N) is 2. The average molecular weight is 511 g/mol. The van der Waals surface area contributed by atoms with Crippen LogP contribution < -0.4 is 20.7 Å². The predicted octanol–water partition coefficient (Wildman–Crippen LogP) is 3.46. The van der Waals surface area contributed by atoms with Crippen LogP contribution in [0, 0.1) is 6.92 Å². The summed E-state index contributed by atoms with van der Waals surface area (Å²) in [6.45, 7) is 7.82. The van der Waals surface area contributed by atoms with Crippen molar-refractivity contribution in [1.82, 2.24) is 24.9 Å². The summed E-state index contributed by atoms with van der Waals surface area (Å²) < 4.78 is 5.72. The molecule has 0 aliphatic carbocycles. The van der Waals surface area contributed by atoms with Crippen molar-refractivity contribution in [2.75, 3.05) is 41.4 Å². The van der Waals surface area contributed by atoms with Gasteiger partial charge in [-0.3, -0.25) is 4.79 Å². The summed E-state index contributed by atoms with van der Waals surface area (Å²) in [5.74, 6) is 3.25. The molecule has 0 saturated carbocycles. The Balaban J connectivity index is 1.34. The summed E-state index contributed by atoms with van der Waals surface area (Å²) >= 11 is 0. The van der Waals surface area contributed by atoms with Crippen molar-refractivity contribution in [1.29, 1.82) is 0 Å². The lowest BCUT2D eigenvalue weighted by Crippen LogP contribution is -2.45. The molecule has 194 valence electrons. The highest BCUT2D eigenvalue weighted by Crippen LogP contribution is 2.33. The van der Waals surface area contributed by atoms with Crippen molar-refractivity contribution in [3.8, 4) is 11.4 Å². The number of ether oxygens (including phenoxy) is 1. The summed E-state index contributed by atoms with van der Waals surface area (Å²) in [6.07, 6.45) is 2.43. The third-order valence-electron chi connectivity index (χ3n) is 6.98. The highest BCUT2D eigenvalue weighted by Gasteiger charge is 2.29. The van der Waals surface area contributed by atoms with Gasteiger partial charge < -0.3 is 24.8 Å². The van der Waals surface area contributed by atoms with Gasteiger partial charge in [0, 0.05) is 60.7 Å². The second-order valence-electron chi connectivity index (χ2n) is 9.73. The lowest BCUT2D eigenvalue weighted by atomic mass is 10.0. The van der Waals surface area contributed by atoms with Gasteiger partial charge in [-0.05, 0) is 44.2 Å². The maximum absolute atomic E-state index is 11.6. The van der Waals surface area contributed by atoms with E-state index in [1.54, 1.807) is 12.4 Å². The Morgan fingerprint density at radius 1 is 1.08 bits per heavy atom. The first kappa shape index (κ1) is 24.1. The van der Waals surface area contributed by atoms with Gasteiger partial charge in [-0.15, -0.1) is 0 Å². The van der Waals surface area contributed by atoms with Gasteiger partial charge in [0.2, 0.25) is 5.56 Å². The molecule has 10 heteroatoms. The quantitative estimate of drug-likeness (QED) is 0.417. The number of nitrogens with zero attached hydrogens (tertiary/aromatic N) is 6. The average Bonchev–Trinajstić information content (AvgIpc) is 2.93. The Kier molecular flexibility index (Phi) is 6.47. The maximum atomic E-state index is 11.6. The molecule has 1 atom stereocenters. The topological polar surface area (TPSA) is 112 Å². The van der Waals surface area contributed by atoms with Crippen LogP contribution in [0.3, 0.4) is 0 Å². The number of aromatic amines is 1. The van der Waals surface area contributed by atoms with Crippen LogP contribution in [0.4, 0.5) is 23.1 Å². The van der Waals surface area contributed by atoms with E-state index in [2.05, 4.69) is 37.0 Å². The van der Waals surface area contributed by atoms with E-state index >= 15 is 0 Å². The highest BCUT2D eigenvalue weighted by atomic mass is 16.5. The van der Waals surface area contributed by atoms with Gasteiger partial charge in [-0.25, -0.2) is 19.9 Å². The van der Waals surface area contributed by atoms with Crippen LogP contribution in [0.2, 0.25) is 0 Å². The van der Waals surface area contributed by atoms with Crippen LogP contribution in [0.15, 0.2) is 59.7 Å². The molecular weight excluding hydrogens is 480 g/mol. The maximum Gasteiger partial charge on any atom is 0.249 e. The molecule has 6 rings (SSSR count). The molecule has 2 N–H and O–H groups in total. The number of morpholine rings is 1. The van der Waals surface area contributed by atoms with Gasteiger partial charge in [0.1, 0.15) is 23.8 Å². The summed E-state index contributed by atoms with van der Waals surface area (Å²) in [4.78, 5) is 38.0. The zero-order chi connectivity index (χ0) is 26.1. The number of hydrogen-bond donors (Lipinski definition) is 2. The Hall–Kier alpha value is -4.31. The number of benzene rings is 1. The number of aryl methyl sites for hydroxylation is 1. The van der Waals surface area contributed by atoms with E-state index in [0.717, 1.165) is 59.3 Å². The molecular formula is C28H30N8O2. The third-order valence-corrected chi connectivity index (χ3v) is 6.98. The highest BCUT2D eigenvalue weighted by molar-refractivity contribution is 5.66. The lowest BCUT2D eigenvalue weighted by molar-refractivity contribution is 0.0984. The van der Waals surface area contributed by atoms with E-state index in [1.165, 1.54) is 6.07 Å². The van der Waals surface area contributed by atoms with Crippen molar-refractivity contribution in [3.63, 3.8) is 0 Å². The zero-order valence-electron chi connectivity index (χ0n) is 21.5. The van der Waals surface area contributed by atoms with Gasteiger partial charge in [-0.2, -0.15) is 0 Å². The van der Waals surface area contributed by atoms with Crippen LogP contribution in [-0.4, -0.2) is 57.3 Å². The molecule has 3 aromatic heterocycles. The number of anilines is 4. The zero-order valence-corrected chi connectivity index (χ0v) is 21.5. The lowest BCUT2D eigenvalue weighted by Gasteiger charge is -2.38. The second kappa shape index (κ2) is 10.2. The standard InChI is InChI=1S/C28H30N8O2/c1-18-14-25(30-17-29-18)35-11-10-23-22(15-35)28(36-12-13-38-16-19(36)2)34-27(32-23)20-6-8-21(9-7-20)31-24-4-3-5-26(37)33-24/h3-9,14,17,19H,10-13,15-16H2,1-2H3,(H2,31,33,37). The third kappa shape index (κ3) is 4.95. The van der Waals surface area contributed by atoms with Crippen molar-refractivity contribution in [2.45, 2.75) is 32.9 Å². The molecule has 1 aromatic carbocycles. The number of aromatic nitrogens is 5. The molecule has 38 heavy (non-hydrogen) atoms. The van der Waals surface area contributed by atoms with Crippen LogP contribution in [0.5, 0.6) is 0 Å². The molecule has 2 aliphatic heterocycles. The Morgan fingerprint density at radius 2 is 1.95 bits per heavy atom. The van der Waals surface area contributed by atoms with E-state index in [1.807, 2.05) is 43.3 Å². The van der Waals surface area contributed by atoms with Gasteiger partial charge in [0.15, 0.2) is 5.82 Å². The van der Waals surface area contributed by atoms with E-state index in [4.69, 9.17) is 14.7 Å². The first-order valence-corrected chi connectivity index (χ1v) is 12.9. The van der Waals surface area contributed by atoms with Crippen molar-refractivity contribution in [3.05, 3.63) is 82.2 Å². The number of rotatable bonds is 5. The molecule has 1 saturated heterocycles. The van der Waals surface area contributed by atoms with E-state index < -0.39 is 0 Å². The van der Waals surface area contributed by atoms with Crippen molar-refractivity contribution in [2.24, 2.45) is 0 Å². The molecule has 1 unspecified atom stereocenters. The summed E-state index contributed by atoms with van der Waals surface area (Å²) in [5.41, 5.74) is 4.84. The second-order valence-corrected chi connectivity index (χ2v) is 9.73. The monoisotopic (exact) mass is 510 g/mol. The van der Waals surface area contributed by atoms with Crippen molar-refractivity contribution < 1.29 is 4.74 Å². The number of fused-ring (bicyclic) bond motifs is 1. The Labute approximate surface area is 220 Å². The molecule has 0 spiro atoms. The van der Waals surface area contributed by atoms with Crippen LogP contribution in [0.1, 0.15) is 23.9 Å². The molecule has 2 aliphatic rings. The number of pyridine rings is 1. The minimum absolute atomic E-state index is 0.146.